The molecule has 0 amide bonds. The average Bonchev–Trinajstić information content (AvgIpc) is 2.41. The molecule has 0 bridgehead atoms. The van der Waals surface area contributed by atoms with E-state index in [0.29, 0.717) is 0 Å². The van der Waals surface area contributed by atoms with E-state index in [2.05, 4.69) is 0 Å². The van der Waals surface area contributed by atoms with E-state index >= 15 is 0 Å². The van der Waals surface area contributed by atoms with Crippen LogP contribution >= 0.6 is 0 Å². The molecule has 0 fully saturated rings. The van der Waals surface area contributed by atoms with Gasteiger partial charge in [0.25, 0.3) is 0 Å². The molecule has 6 heteroatoms. The summed E-state index contributed by atoms with van der Waals surface area (Å²) in [4.78, 5) is 19.5. The van der Waals surface area contributed by atoms with Crippen molar-refractivity contribution in [1.82, 2.24) is 0 Å². The van der Waals surface area contributed by atoms with Gasteiger partial charge in [0, 0.05) is 5.92 Å². The van der Waals surface area contributed by atoms with Crippen LogP contribution in [0.5, 0.6) is 0 Å². The van der Waals surface area contributed by atoms with Gasteiger partial charge in [-0.15, -0.1) is 0 Å². The Balaban J connectivity index is 0.000000362. The molecule has 0 aliphatic rings. The van der Waals surface area contributed by atoms with Gasteiger partial charge >= 0.3 is 11.9 Å². The molecule has 0 saturated carbocycles. The number of aliphatic hydroxyl groups is 2. The van der Waals surface area contributed by atoms with Gasteiger partial charge in [-0.1, -0.05) is 30.3 Å². The number of carboxylic acids is 2. The quantitative estimate of drug-likeness (QED) is 0.581. The van der Waals surface area contributed by atoms with Crippen LogP contribution < -0.4 is 0 Å². The molecule has 0 aliphatic heterocycles. The van der Waals surface area contributed by atoms with Gasteiger partial charge in [-0.25, -0.2) is 0 Å². The van der Waals surface area contributed by atoms with Crippen molar-refractivity contribution in [3.63, 3.8) is 0 Å². The number of hydrogen-bond donors (Lipinski definition) is 4. The molecule has 0 heterocycles. The second-order valence-electron chi connectivity index (χ2n) is 3.87. The van der Waals surface area contributed by atoms with Crippen LogP contribution in [-0.4, -0.2) is 45.6 Å². The van der Waals surface area contributed by atoms with Crippen LogP contribution in [0.4, 0.5) is 0 Å². The summed E-state index contributed by atoms with van der Waals surface area (Å²) >= 11 is 0. The molecule has 6 nitrogen and oxygen atoms in total. The highest BCUT2D eigenvalue weighted by Crippen LogP contribution is 2.12. The standard InChI is InChI=1S/C9H12O2.C4H6O4/c10-6-9(7-11)8-4-2-1-3-5-8;1-2(3(5)6)4(7)8/h1-5,9-11H,6-7H2;2H,1H3,(H,5,6)(H,7,8). The van der Waals surface area contributed by atoms with E-state index < -0.39 is 17.9 Å². The molecule has 19 heavy (non-hydrogen) atoms. The van der Waals surface area contributed by atoms with E-state index in [1.807, 2.05) is 30.3 Å². The third kappa shape index (κ3) is 6.54. The van der Waals surface area contributed by atoms with Gasteiger partial charge in [-0.2, -0.15) is 0 Å². The maximum Gasteiger partial charge on any atom is 0.317 e. The molecule has 0 spiro atoms. The topological polar surface area (TPSA) is 115 Å². The van der Waals surface area contributed by atoms with E-state index in [9.17, 15) is 9.59 Å². The Hall–Kier alpha value is -1.92. The maximum atomic E-state index is 9.76. The van der Waals surface area contributed by atoms with Crippen molar-refractivity contribution in [3.05, 3.63) is 35.9 Å². The highest BCUT2D eigenvalue weighted by Gasteiger charge is 2.18. The second kappa shape index (κ2) is 9.07. The molecule has 4 N–H and O–H groups in total. The Labute approximate surface area is 110 Å². The first-order valence-electron chi connectivity index (χ1n) is 5.66. The molecular weight excluding hydrogens is 252 g/mol. The molecular formula is C13H18O6. The lowest BCUT2D eigenvalue weighted by atomic mass is 10.0. The van der Waals surface area contributed by atoms with Crippen LogP contribution in [0.1, 0.15) is 18.4 Å². The number of rotatable bonds is 5. The first-order chi connectivity index (χ1) is 8.93. The lowest BCUT2D eigenvalue weighted by Crippen LogP contribution is -2.19. The number of aliphatic carboxylic acids is 2. The number of carboxylic acid groups (broad SMARTS) is 2. The molecule has 0 saturated heterocycles. The normalized spacial score (nSPS) is 9.95. The summed E-state index contributed by atoms with van der Waals surface area (Å²) in [5, 5.41) is 33.6. The Morgan fingerprint density at radius 3 is 1.68 bits per heavy atom. The lowest BCUT2D eigenvalue weighted by molar-refractivity contribution is -0.153. The van der Waals surface area contributed by atoms with Gasteiger partial charge in [0.1, 0.15) is 0 Å². The second-order valence-corrected chi connectivity index (χ2v) is 3.87. The molecule has 0 aliphatic carbocycles. The number of carbonyl (C=O) groups is 2. The Morgan fingerprint density at radius 1 is 1.00 bits per heavy atom. The minimum absolute atomic E-state index is 0.000509. The third-order valence-electron chi connectivity index (χ3n) is 2.45. The Morgan fingerprint density at radius 2 is 1.42 bits per heavy atom. The van der Waals surface area contributed by atoms with Crippen molar-refractivity contribution in [2.75, 3.05) is 13.2 Å². The van der Waals surface area contributed by atoms with E-state index in [0.717, 1.165) is 12.5 Å². The summed E-state index contributed by atoms with van der Waals surface area (Å²) in [6, 6.07) is 9.50. The van der Waals surface area contributed by atoms with Crippen molar-refractivity contribution < 1.29 is 30.0 Å². The van der Waals surface area contributed by atoms with E-state index in [1.165, 1.54) is 0 Å². The lowest BCUT2D eigenvalue weighted by Gasteiger charge is -2.09. The van der Waals surface area contributed by atoms with Crippen LogP contribution in [0.25, 0.3) is 0 Å². The van der Waals surface area contributed by atoms with E-state index in [4.69, 9.17) is 20.4 Å². The zero-order valence-corrected chi connectivity index (χ0v) is 10.6. The average molecular weight is 270 g/mol. The van der Waals surface area contributed by atoms with E-state index in [1.54, 1.807) is 0 Å². The van der Waals surface area contributed by atoms with Crippen LogP contribution in [-0.2, 0) is 9.59 Å². The van der Waals surface area contributed by atoms with Gasteiger partial charge in [0.05, 0.1) is 13.2 Å². The van der Waals surface area contributed by atoms with Crippen molar-refractivity contribution in [1.29, 1.82) is 0 Å². The fourth-order valence-electron chi connectivity index (χ4n) is 1.10. The molecule has 0 unspecified atom stereocenters. The largest absolute Gasteiger partial charge is 0.481 e. The zero-order chi connectivity index (χ0) is 14.8. The molecule has 106 valence electrons. The minimum Gasteiger partial charge on any atom is -0.481 e. The summed E-state index contributed by atoms with van der Waals surface area (Å²) in [7, 11) is 0. The molecule has 1 aromatic carbocycles. The fourth-order valence-corrected chi connectivity index (χ4v) is 1.10. The Bertz CT molecular complexity index is 371. The summed E-state index contributed by atoms with van der Waals surface area (Å²) < 4.78 is 0. The first-order valence-corrected chi connectivity index (χ1v) is 5.66. The summed E-state index contributed by atoms with van der Waals surface area (Å²) in [5.41, 5.74) is 0.984. The first kappa shape index (κ1) is 17.1. The highest BCUT2D eigenvalue weighted by atomic mass is 16.4. The van der Waals surface area contributed by atoms with Crippen LogP contribution in [0.3, 0.4) is 0 Å². The van der Waals surface area contributed by atoms with Crippen LogP contribution in [0.2, 0.25) is 0 Å². The summed E-state index contributed by atoms with van der Waals surface area (Å²) in [6.45, 7) is 1.12. The van der Waals surface area contributed by atoms with Crippen LogP contribution in [0.15, 0.2) is 30.3 Å². The van der Waals surface area contributed by atoms with Gasteiger partial charge in [0.2, 0.25) is 0 Å². The summed E-state index contributed by atoms with van der Waals surface area (Å²) in [5.74, 6) is -4.04. The predicted octanol–water partition coefficient (Wildman–Crippen LogP) is 0.546. The van der Waals surface area contributed by atoms with Crippen molar-refractivity contribution in [2.45, 2.75) is 12.8 Å². The van der Waals surface area contributed by atoms with Gasteiger partial charge < -0.3 is 20.4 Å². The third-order valence-corrected chi connectivity index (χ3v) is 2.45. The number of benzene rings is 1. The molecule has 1 rings (SSSR count). The highest BCUT2D eigenvalue weighted by molar-refractivity contribution is 5.92. The smallest absolute Gasteiger partial charge is 0.317 e. The van der Waals surface area contributed by atoms with Crippen molar-refractivity contribution >= 4 is 11.9 Å². The zero-order valence-electron chi connectivity index (χ0n) is 10.6. The Kier molecular flexibility index (Phi) is 8.15. The maximum absolute atomic E-state index is 9.76. The van der Waals surface area contributed by atoms with Crippen molar-refractivity contribution in [2.24, 2.45) is 5.92 Å². The van der Waals surface area contributed by atoms with Crippen LogP contribution in [0, 0.1) is 5.92 Å². The molecule has 1 aromatic rings. The van der Waals surface area contributed by atoms with E-state index in [-0.39, 0.29) is 19.1 Å². The molecule has 0 atom stereocenters. The van der Waals surface area contributed by atoms with Gasteiger partial charge in [0.15, 0.2) is 5.92 Å². The minimum atomic E-state index is -1.31. The van der Waals surface area contributed by atoms with Gasteiger partial charge in [-0.05, 0) is 12.5 Å². The summed E-state index contributed by atoms with van der Waals surface area (Å²) in [6.07, 6.45) is 0. The fraction of sp³-hybridized carbons (Fsp3) is 0.385. The predicted molar refractivity (Wildman–Crippen MR) is 67.8 cm³/mol. The van der Waals surface area contributed by atoms with Crippen molar-refractivity contribution in [3.8, 4) is 0 Å². The number of hydrogen-bond acceptors (Lipinski definition) is 4. The number of aliphatic hydroxyl groups excluding tert-OH is 2. The van der Waals surface area contributed by atoms with Gasteiger partial charge in [-0.3, -0.25) is 9.59 Å². The SMILES string of the molecule is CC(C(=O)O)C(=O)O.OCC(CO)c1ccccc1. The monoisotopic (exact) mass is 270 g/mol. The molecule has 0 radical (unpaired) electrons. The molecule has 0 aromatic heterocycles.